The third kappa shape index (κ3) is 8.28. The number of nitrogens with zero attached hydrogens (tertiary/aromatic N) is 1. The summed E-state index contributed by atoms with van der Waals surface area (Å²) in [6, 6.07) is 8.28. The van der Waals surface area contributed by atoms with Crippen molar-refractivity contribution < 1.29 is 19.1 Å². The molecule has 0 heterocycles. The van der Waals surface area contributed by atoms with E-state index < -0.39 is 6.47 Å². The first kappa shape index (κ1) is 15.4. The number of ether oxygens (including phenoxy) is 1. The molecule has 0 aliphatic rings. The molecule has 4 heteroatoms. The fourth-order valence-electron chi connectivity index (χ4n) is 1.29. The highest BCUT2D eigenvalue weighted by Gasteiger charge is 2.06. The predicted molar refractivity (Wildman–Crippen MR) is 65.7 cm³/mol. The second kappa shape index (κ2) is 7.68. The summed E-state index contributed by atoms with van der Waals surface area (Å²) in [6.45, 7) is 0.646. The Kier molecular flexibility index (Phi) is 6.98. The van der Waals surface area contributed by atoms with Crippen LogP contribution in [-0.4, -0.2) is 45.8 Å². The maximum absolute atomic E-state index is 8.25. The van der Waals surface area contributed by atoms with Gasteiger partial charge in [0.25, 0.3) is 0 Å². The average Bonchev–Trinajstić information content (AvgIpc) is 2.27. The Balaban J connectivity index is 0.000000770. The normalized spacial score (nSPS) is 10.1. The van der Waals surface area contributed by atoms with E-state index in [1.807, 2.05) is 12.1 Å². The van der Waals surface area contributed by atoms with Gasteiger partial charge in [-0.05, 0) is 17.7 Å². The molecule has 0 fully saturated rings. The number of methoxy groups -OCH3 is 1. The van der Waals surface area contributed by atoms with Crippen LogP contribution in [0.3, 0.4) is 0 Å². The minimum Gasteiger partial charge on any atom is -0.554 e. The molecule has 4 nitrogen and oxygen atoms in total. The van der Waals surface area contributed by atoms with Gasteiger partial charge in [0, 0.05) is 12.9 Å². The number of carbonyl (C=O) groups is 1. The highest BCUT2D eigenvalue weighted by molar-refractivity contribution is 5.29. The summed E-state index contributed by atoms with van der Waals surface area (Å²) >= 11 is 0. The summed E-state index contributed by atoms with van der Waals surface area (Å²) < 4.78 is 6.18. The van der Waals surface area contributed by atoms with Gasteiger partial charge in [-0.3, -0.25) is 0 Å². The van der Waals surface area contributed by atoms with Crippen LogP contribution >= 0.6 is 0 Å². The lowest BCUT2D eigenvalue weighted by Crippen LogP contribution is -2.36. The van der Waals surface area contributed by atoms with Crippen molar-refractivity contribution in [3.63, 3.8) is 0 Å². The van der Waals surface area contributed by atoms with Crippen molar-refractivity contribution in [1.82, 2.24) is 0 Å². The van der Waals surface area contributed by atoms with Gasteiger partial charge >= 0.3 is 0 Å². The van der Waals surface area contributed by atoms with Crippen LogP contribution in [0.4, 0.5) is 0 Å². The number of hydrogen-bond donors (Lipinski definition) is 0. The Morgan fingerprint density at radius 1 is 1.35 bits per heavy atom. The maximum atomic E-state index is 8.25. The quantitative estimate of drug-likeness (QED) is 0.561. The smallest absolute Gasteiger partial charge is 0.119 e. The second-order valence-corrected chi connectivity index (χ2v) is 4.71. The molecule has 0 bridgehead atoms. The van der Waals surface area contributed by atoms with Crippen LogP contribution < -0.4 is 9.84 Å². The minimum atomic E-state index is -0.500. The number of rotatable bonds is 4. The first-order valence-corrected chi connectivity index (χ1v) is 5.42. The predicted octanol–water partition coefficient (Wildman–Crippen LogP) is 0.310. The van der Waals surface area contributed by atoms with Crippen LogP contribution in [0, 0.1) is 0 Å². The molecule has 0 aliphatic carbocycles. The Hall–Kier alpha value is -1.55. The zero-order chi connectivity index (χ0) is 13.3. The molecule has 0 spiro atoms. The van der Waals surface area contributed by atoms with Gasteiger partial charge < -0.3 is 19.1 Å². The van der Waals surface area contributed by atoms with Crippen LogP contribution in [0.1, 0.15) is 5.56 Å². The van der Waals surface area contributed by atoms with Crippen molar-refractivity contribution in [3.05, 3.63) is 29.8 Å². The van der Waals surface area contributed by atoms with Crippen molar-refractivity contribution in [2.75, 3.05) is 34.8 Å². The number of carboxylic acid groups (broad SMARTS) is 1. The summed E-state index contributed by atoms with van der Waals surface area (Å²) in [5.41, 5.74) is 1.34. The Morgan fingerprint density at radius 3 is 2.41 bits per heavy atom. The lowest BCUT2D eigenvalue weighted by atomic mass is 10.1. The van der Waals surface area contributed by atoms with Gasteiger partial charge in [-0.2, -0.15) is 0 Å². The molecule has 0 unspecified atom stereocenters. The molecule has 0 atom stereocenters. The lowest BCUT2D eigenvalue weighted by Gasteiger charge is -2.23. The highest BCUT2D eigenvalue weighted by atomic mass is 16.5. The van der Waals surface area contributed by atoms with Crippen molar-refractivity contribution in [3.8, 4) is 5.75 Å². The molecule has 0 saturated carbocycles. The largest absolute Gasteiger partial charge is 0.554 e. The van der Waals surface area contributed by atoms with E-state index in [4.69, 9.17) is 14.6 Å². The lowest BCUT2D eigenvalue weighted by molar-refractivity contribution is -0.870. The molecule has 0 N–H and O–H groups in total. The Bertz CT molecular complexity index is 332. The molecular weight excluding hydrogens is 218 g/mol. The van der Waals surface area contributed by atoms with E-state index >= 15 is 0 Å². The summed E-state index contributed by atoms with van der Waals surface area (Å²) in [5.74, 6) is 0.948. The van der Waals surface area contributed by atoms with E-state index in [1.54, 1.807) is 7.11 Å². The van der Waals surface area contributed by atoms with Gasteiger partial charge in [0.15, 0.2) is 0 Å². The number of likely N-dealkylation sites (N-methyl/N-ethyl adjacent to an activating group) is 1. The fourth-order valence-corrected chi connectivity index (χ4v) is 1.29. The van der Waals surface area contributed by atoms with Gasteiger partial charge in [-0.15, -0.1) is 0 Å². The summed E-state index contributed by atoms with van der Waals surface area (Å²) in [5, 5.41) is 8.25. The summed E-state index contributed by atoms with van der Waals surface area (Å²) in [7, 11) is 8.33. The van der Waals surface area contributed by atoms with Gasteiger partial charge in [-0.1, -0.05) is 12.1 Å². The molecular formula is C13H21NO3. The maximum Gasteiger partial charge on any atom is 0.119 e. The number of benzene rings is 1. The minimum absolute atomic E-state index is 0.500. The van der Waals surface area contributed by atoms with Gasteiger partial charge in [0.1, 0.15) is 5.75 Å². The highest BCUT2D eigenvalue weighted by Crippen LogP contribution is 2.13. The van der Waals surface area contributed by atoms with Gasteiger partial charge in [0.05, 0.1) is 34.8 Å². The first-order chi connectivity index (χ1) is 7.92. The number of quaternary nitrogens is 1. The molecule has 96 valence electrons. The zero-order valence-electron chi connectivity index (χ0n) is 11.0. The molecule has 0 radical (unpaired) electrons. The van der Waals surface area contributed by atoms with Crippen molar-refractivity contribution in [2.45, 2.75) is 6.42 Å². The van der Waals surface area contributed by atoms with E-state index in [2.05, 4.69) is 33.3 Å². The van der Waals surface area contributed by atoms with Gasteiger partial charge in [0.2, 0.25) is 0 Å². The van der Waals surface area contributed by atoms with Crippen molar-refractivity contribution in [1.29, 1.82) is 0 Å². The molecule has 17 heavy (non-hydrogen) atoms. The molecule has 0 amide bonds. The summed E-state index contributed by atoms with van der Waals surface area (Å²) in [6.07, 6.45) is 1.10. The van der Waals surface area contributed by atoms with Crippen molar-refractivity contribution >= 4 is 6.47 Å². The standard InChI is InChI=1S/C12H20NO.CH2O2/c1-13(2,3)9-8-11-6-5-7-12(10-11)14-4;2-1-3/h5-7,10H,8-9H2,1-4H3;1H,(H,2,3)/q+1;/p-1. The third-order valence-corrected chi connectivity index (χ3v) is 2.21. The summed E-state index contributed by atoms with van der Waals surface area (Å²) in [4.78, 5) is 8.25. The van der Waals surface area contributed by atoms with E-state index in [1.165, 1.54) is 5.56 Å². The fraction of sp³-hybridized carbons (Fsp3) is 0.462. The molecule has 0 saturated heterocycles. The topological polar surface area (TPSA) is 49.4 Å². The van der Waals surface area contributed by atoms with Crippen LogP contribution in [0.15, 0.2) is 24.3 Å². The SMILES string of the molecule is COc1cccc(CC[N+](C)(C)C)c1.O=C[O-]. The first-order valence-electron chi connectivity index (χ1n) is 5.42. The Morgan fingerprint density at radius 2 is 1.94 bits per heavy atom. The average molecular weight is 239 g/mol. The molecule has 1 aromatic rings. The Labute approximate surface area is 103 Å². The molecule has 1 rings (SSSR count). The second-order valence-electron chi connectivity index (χ2n) is 4.71. The van der Waals surface area contributed by atoms with E-state index in [0.717, 1.165) is 23.2 Å². The monoisotopic (exact) mass is 239 g/mol. The zero-order valence-corrected chi connectivity index (χ0v) is 11.0. The number of hydrogen-bond acceptors (Lipinski definition) is 3. The molecule has 0 aliphatic heterocycles. The van der Waals surface area contributed by atoms with E-state index in [0.29, 0.717) is 0 Å². The van der Waals surface area contributed by atoms with E-state index in [9.17, 15) is 0 Å². The van der Waals surface area contributed by atoms with Crippen LogP contribution in [0.2, 0.25) is 0 Å². The van der Waals surface area contributed by atoms with Crippen LogP contribution in [-0.2, 0) is 11.2 Å². The van der Waals surface area contributed by atoms with E-state index in [-0.39, 0.29) is 0 Å². The van der Waals surface area contributed by atoms with Crippen LogP contribution in [0.25, 0.3) is 0 Å². The third-order valence-electron chi connectivity index (χ3n) is 2.21. The van der Waals surface area contributed by atoms with Crippen LogP contribution in [0.5, 0.6) is 5.75 Å². The molecule has 0 aromatic heterocycles. The van der Waals surface area contributed by atoms with Crippen molar-refractivity contribution in [2.24, 2.45) is 0 Å². The number of carbonyl (C=O) groups excluding carboxylic acids is 1. The molecule has 1 aromatic carbocycles. The van der Waals surface area contributed by atoms with Gasteiger partial charge in [-0.25, -0.2) is 0 Å².